The van der Waals surface area contributed by atoms with Gasteiger partial charge in [-0.15, -0.1) is 0 Å². The summed E-state index contributed by atoms with van der Waals surface area (Å²) in [5, 5.41) is 0. The predicted molar refractivity (Wildman–Crippen MR) is 82.3 cm³/mol. The Morgan fingerprint density at radius 2 is 2.05 bits per heavy atom. The summed E-state index contributed by atoms with van der Waals surface area (Å²) in [7, 11) is -2.04. The van der Waals surface area contributed by atoms with Crippen LogP contribution in [0.5, 0.6) is 0 Å². The molecule has 0 amide bonds. The van der Waals surface area contributed by atoms with Crippen LogP contribution in [0.3, 0.4) is 0 Å². The molecule has 2 unspecified atom stereocenters. The lowest BCUT2D eigenvalue weighted by Crippen LogP contribution is -2.40. The Labute approximate surface area is 121 Å². The largest absolute Gasteiger partial charge is 0.397 e. The van der Waals surface area contributed by atoms with Crippen molar-refractivity contribution in [1.82, 2.24) is 4.72 Å². The molecule has 0 radical (unpaired) electrons. The SMILES string of the molecule is CNS(=O)(=O)c1ccc(N2CCC(C)CC2C)c(N)c1. The van der Waals surface area contributed by atoms with Crippen LogP contribution in [-0.2, 0) is 10.0 Å². The van der Waals surface area contributed by atoms with Crippen LogP contribution in [0.15, 0.2) is 23.1 Å². The van der Waals surface area contributed by atoms with Crippen molar-refractivity contribution < 1.29 is 8.42 Å². The minimum absolute atomic E-state index is 0.208. The third-order valence-corrected chi connectivity index (χ3v) is 5.44. The number of anilines is 2. The normalized spacial score (nSPS) is 23.9. The molecule has 112 valence electrons. The van der Waals surface area contributed by atoms with Crippen LogP contribution in [0, 0.1) is 5.92 Å². The van der Waals surface area contributed by atoms with Crippen molar-refractivity contribution in [2.45, 2.75) is 37.6 Å². The monoisotopic (exact) mass is 297 g/mol. The molecule has 5 nitrogen and oxygen atoms in total. The summed E-state index contributed by atoms with van der Waals surface area (Å²) in [5.74, 6) is 0.728. The quantitative estimate of drug-likeness (QED) is 0.834. The number of rotatable bonds is 3. The summed E-state index contributed by atoms with van der Waals surface area (Å²) in [6, 6.07) is 5.38. The van der Waals surface area contributed by atoms with E-state index in [2.05, 4.69) is 23.5 Å². The second kappa shape index (κ2) is 5.61. The molecule has 1 fully saturated rings. The summed E-state index contributed by atoms with van der Waals surface area (Å²) in [4.78, 5) is 2.48. The van der Waals surface area contributed by atoms with Gasteiger partial charge in [-0.25, -0.2) is 13.1 Å². The minimum Gasteiger partial charge on any atom is -0.397 e. The lowest BCUT2D eigenvalue weighted by Gasteiger charge is -2.39. The van der Waals surface area contributed by atoms with Crippen molar-refractivity contribution in [2.24, 2.45) is 5.92 Å². The van der Waals surface area contributed by atoms with Crippen LogP contribution in [0.2, 0.25) is 0 Å². The molecule has 2 atom stereocenters. The first-order valence-electron chi connectivity index (χ1n) is 6.95. The van der Waals surface area contributed by atoms with Gasteiger partial charge in [-0.2, -0.15) is 0 Å². The van der Waals surface area contributed by atoms with Gasteiger partial charge in [0, 0.05) is 12.6 Å². The topological polar surface area (TPSA) is 75.4 Å². The van der Waals surface area contributed by atoms with Gasteiger partial charge in [0.15, 0.2) is 0 Å². The van der Waals surface area contributed by atoms with Gasteiger partial charge in [-0.3, -0.25) is 0 Å². The number of hydrogen-bond acceptors (Lipinski definition) is 4. The molecule has 0 aromatic heterocycles. The summed E-state index contributed by atoms with van der Waals surface area (Å²) in [5.41, 5.74) is 7.51. The molecule has 3 N–H and O–H groups in total. The molecule has 0 bridgehead atoms. The molecule has 2 rings (SSSR count). The molecular weight excluding hydrogens is 274 g/mol. The molecule has 1 aliphatic rings. The fourth-order valence-electron chi connectivity index (χ4n) is 2.84. The summed E-state index contributed by atoms with van der Waals surface area (Å²) >= 11 is 0. The van der Waals surface area contributed by atoms with E-state index in [1.807, 2.05) is 6.07 Å². The van der Waals surface area contributed by atoms with Crippen LogP contribution in [0.1, 0.15) is 26.7 Å². The maximum Gasteiger partial charge on any atom is 0.240 e. The van der Waals surface area contributed by atoms with Crippen molar-refractivity contribution >= 4 is 21.4 Å². The van der Waals surface area contributed by atoms with Gasteiger partial charge >= 0.3 is 0 Å². The molecule has 0 aliphatic carbocycles. The first-order valence-corrected chi connectivity index (χ1v) is 8.43. The number of benzene rings is 1. The average Bonchev–Trinajstić information content (AvgIpc) is 2.39. The van der Waals surface area contributed by atoms with E-state index in [1.165, 1.54) is 13.1 Å². The molecule has 1 aliphatic heterocycles. The predicted octanol–water partition coefficient (Wildman–Crippen LogP) is 1.80. The van der Waals surface area contributed by atoms with E-state index in [9.17, 15) is 8.42 Å². The first-order chi connectivity index (χ1) is 9.35. The Hall–Kier alpha value is -1.27. The highest BCUT2D eigenvalue weighted by atomic mass is 32.2. The van der Waals surface area contributed by atoms with Crippen molar-refractivity contribution in [3.63, 3.8) is 0 Å². The Morgan fingerprint density at radius 1 is 1.35 bits per heavy atom. The van der Waals surface area contributed by atoms with Crippen LogP contribution < -0.4 is 15.4 Å². The fourth-order valence-corrected chi connectivity index (χ4v) is 3.61. The average molecular weight is 297 g/mol. The Morgan fingerprint density at radius 3 is 2.60 bits per heavy atom. The van der Waals surface area contributed by atoms with Crippen LogP contribution in [0.4, 0.5) is 11.4 Å². The summed E-state index contributed by atoms with van der Waals surface area (Å²) in [6.45, 7) is 5.41. The molecule has 0 spiro atoms. The van der Waals surface area contributed by atoms with E-state index in [1.54, 1.807) is 6.07 Å². The zero-order valence-corrected chi connectivity index (χ0v) is 13.1. The number of nitrogens with zero attached hydrogens (tertiary/aromatic N) is 1. The van der Waals surface area contributed by atoms with E-state index in [-0.39, 0.29) is 4.90 Å². The van der Waals surface area contributed by atoms with Gasteiger partial charge in [0.05, 0.1) is 16.3 Å². The van der Waals surface area contributed by atoms with Gasteiger partial charge in [0.25, 0.3) is 0 Å². The third kappa shape index (κ3) is 2.91. The lowest BCUT2D eigenvalue weighted by molar-refractivity contribution is 0.378. The van der Waals surface area contributed by atoms with Crippen molar-refractivity contribution in [3.8, 4) is 0 Å². The number of piperidine rings is 1. The van der Waals surface area contributed by atoms with Crippen molar-refractivity contribution in [1.29, 1.82) is 0 Å². The first kappa shape index (κ1) is 15.1. The van der Waals surface area contributed by atoms with Gasteiger partial charge in [0.1, 0.15) is 0 Å². The van der Waals surface area contributed by atoms with Crippen LogP contribution in [0.25, 0.3) is 0 Å². The molecular formula is C14H23N3O2S. The Bertz CT molecular complexity index is 586. The lowest BCUT2D eigenvalue weighted by atomic mass is 9.93. The standard InChI is InChI=1S/C14H23N3O2S/c1-10-6-7-17(11(2)8-10)14-5-4-12(9-13(14)15)20(18,19)16-3/h4-5,9-11,16H,6-8,15H2,1-3H3. The zero-order chi connectivity index (χ0) is 14.9. The van der Waals surface area contributed by atoms with Gasteiger partial charge in [0.2, 0.25) is 10.0 Å². The highest BCUT2D eigenvalue weighted by molar-refractivity contribution is 7.89. The van der Waals surface area contributed by atoms with Crippen molar-refractivity contribution in [3.05, 3.63) is 18.2 Å². The smallest absolute Gasteiger partial charge is 0.240 e. The van der Waals surface area contributed by atoms with E-state index in [4.69, 9.17) is 5.73 Å². The second-order valence-corrected chi connectivity index (χ2v) is 7.49. The summed E-state index contributed by atoms with van der Waals surface area (Å²) in [6.07, 6.45) is 2.27. The third-order valence-electron chi connectivity index (χ3n) is 4.03. The number of nitrogen functional groups attached to an aromatic ring is 1. The maximum absolute atomic E-state index is 11.8. The molecule has 1 aromatic carbocycles. The minimum atomic E-state index is -3.44. The van der Waals surface area contributed by atoms with Gasteiger partial charge < -0.3 is 10.6 Å². The number of hydrogen-bond donors (Lipinski definition) is 2. The number of nitrogens with two attached hydrogens (primary N) is 1. The fraction of sp³-hybridized carbons (Fsp3) is 0.571. The van der Waals surface area contributed by atoms with Gasteiger partial charge in [-0.05, 0) is 50.9 Å². The van der Waals surface area contributed by atoms with E-state index >= 15 is 0 Å². The second-order valence-electron chi connectivity index (χ2n) is 5.60. The van der Waals surface area contributed by atoms with Gasteiger partial charge in [-0.1, -0.05) is 6.92 Å². The molecule has 6 heteroatoms. The summed E-state index contributed by atoms with van der Waals surface area (Å²) < 4.78 is 25.8. The molecule has 20 heavy (non-hydrogen) atoms. The molecule has 0 saturated carbocycles. The maximum atomic E-state index is 11.8. The highest BCUT2D eigenvalue weighted by Gasteiger charge is 2.25. The van der Waals surface area contributed by atoms with Crippen molar-refractivity contribution in [2.75, 3.05) is 24.2 Å². The van der Waals surface area contributed by atoms with E-state index < -0.39 is 10.0 Å². The zero-order valence-electron chi connectivity index (χ0n) is 12.3. The van der Waals surface area contributed by atoms with E-state index in [0.29, 0.717) is 11.7 Å². The van der Waals surface area contributed by atoms with Crippen LogP contribution >= 0.6 is 0 Å². The number of sulfonamides is 1. The molecule has 1 heterocycles. The highest BCUT2D eigenvalue weighted by Crippen LogP contribution is 2.32. The number of nitrogens with one attached hydrogen (secondary N) is 1. The molecule has 1 aromatic rings. The molecule has 1 saturated heterocycles. The Balaban J connectivity index is 2.31. The van der Waals surface area contributed by atoms with E-state index in [0.717, 1.165) is 31.0 Å². The Kier molecular flexibility index (Phi) is 4.25. The van der Waals surface area contributed by atoms with Crippen LogP contribution in [-0.4, -0.2) is 28.1 Å².